The molecule has 5 nitrogen and oxygen atoms in total. The molecule has 0 heterocycles. The Balaban J connectivity index is 2.96. The molecule has 1 rings (SSSR count). The lowest BCUT2D eigenvalue weighted by molar-refractivity contribution is 0.117. The number of rotatable bonds is 5. The van der Waals surface area contributed by atoms with Crippen molar-refractivity contribution < 1.29 is 23.4 Å². The number of hydrogen-bond acceptors (Lipinski definition) is 3. The van der Waals surface area contributed by atoms with Crippen LogP contribution >= 0.6 is 0 Å². The fraction of sp³-hybridized carbons (Fsp3) is 0.562. The number of carbonyl (C=O) groups is 1. The second-order valence-corrected chi connectivity index (χ2v) is 6.42. The summed E-state index contributed by atoms with van der Waals surface area (Å²) in [6.45, 7) is 8.50. The summed E-state index contributed by atoms with van der Waals surface area (Å²) in [5.41, 5.74) is -0.767. The van der Waals surface area contributed by atoms with Crippen LogP contribution in [0.4, 0.5) is 19.3 Å². The van der Waals surface area contributed by atoms with Crippen LogP contribution in [0, 0.1) is 11.6 Å². The van der Waals surface area contributed by atoms with Gasteiger partial charge >= 0.3 is 6.03 Å². The molecule has 0 saturated heterocycles. The van der Waals surface area contributed by atoms with E-state index in [-0.39, 0.29) is 24.9 Å². The minimum atomic E-state index is -0.895. The molecule has 0 spiro atoms. The highest BCUT2D eigenvalue weighted by molar-refractivity contribution is 5.89. The molecule has 0 aliphatic rings. The van der Waals surface area contributed by atoms with Gasteiger partial charge in [0.15, 0.2) is 17.4 Å². The molecule has 23 heavy (non-hydrogen) atoms. The number of nitrogens with zero attached hydrogens (tertiary/aromatic N) is 1. The smallest absolute Gasteiger partial charge is 0.322 e. The molecule has 0 radical (unpaired) electrons. The number of benzene rings is 1. The fourth-order valence-corrected chi connectivity index (χ4v) is 1.93. The number of aliphatic hydroxyl groups excluding tert-OH is 1. The van der Waals surface area contributed by atoms with Crippen LogP contribution in [0.1, 0.15) is 34.6 Å². The highest BCUT2D eigenvalue weighted by atomic mass is 19.1. The lowest BCUT2D eigenvalue weighted by Gasteiger charge is -2.26. The van der Waals surface area contributed by atoms with Gasteiger partial charge in [-0.2, -0.15) is 0 Å². The summed E-state index contributed by atoms with van der Waals surface area (Å²) in [5.74, 6) is -2.27. The predicted molar refractivity (Wildman–Crippen MR) is 84.7 cm³/mol. The number of halogens is 2. The topological polar surface area (TPSA) is 61.8 Å². The first-order valence-corrected chi connectivity index (χ1v) is 7.41. The van der Waals surface area contributed by atoms with Gasteiger partial charge in [0.1, 0.15) is 5.60 Å². The van der Waals surface area contributed by atoms with Gasteiger partial charge in [0.2, 0.25) is 0 Å². The summed E-state index contributed by atoms with van der Waals surface area (Å²) in [4.78, 5) is 13.5. The third-order valence-corrected chi connectivity index (χ3v) is 2.88. The number of anilines is 1. The standard InChI is InChI=1S/C16H24F2N2O3/c1-10(2)20(6-7-21)15(22)19-11-8-12(17)14(13(18)9-11)23-16(3,4)5/h8-10,21H,6-7H2,1-5H3,(H,19,22). The average molecular weight is 330 g/mol. The summed E-state index contributed by atoms with van der Waals surface area (Å²) in [7, 11) is 0. The van der Waals surface area contributed by atoms with E-state index in [1.807, 2.05) is 0 Å². The zero-order valence-corrected chi connectivity index (χ0v) is 14.1. The first kappa shape index (κ1) is 19.2. The van der Waals surface area contributed by atoms with E-state index in [2.05, 4.69) is 5.32 Å². The number of hydrogen-bond donors (Lipinski definition) is 2. The minimum Gasteiger partial charge on any atom is -0.482 e. The first-order chi connectivity index (χ1) is 10.5. The van der Waals surface area contributed by atoms with Crippen LogP contribution in [0.25, 0.3) is 0 Å². The van der Waals surface area contributed by atoms with Crippen molar-refractivity contribution in [2.75, 3.05) is 18.5 Å². The van der Waals surface area contributed by atoms with Crippen LogP contribution in [-0.4, -0.2) is 40.8 Å². The molecule has 0 atom stereocenters. The van der Waals surface area contributed by atoms with Gasteiger partial charge < -0.3 is 20.1 Å². The van der Waals surface area contributed by atoms with Gasteiger partial charge in [-0.25, -0.2) is 13.6 Å². The maximum absolute atomic E-state index is 14.0. The average Bonchev–Trinajstić information content (AvgIpc) is 2.38. The number of aliphatic hydroxyl groups is 1. The highest BCUT2D eigenvalue weighted by Crippen LogP contribution is 2.29. The molecule has 2 amide bonds. The Labute approximate surface area is 135 Å². The van der Waals surface area contributed by atoms with Gasteiger partial charge in [-0.1, -0.05) is 0 Å². The van der Waals surface area contributed by atoms with Crippen molar-refractivity contribution in [1.29, 1.82) is 0 Å². The molecule has 0 aromatic heterocycles. The monoisotopic (exact) mass is 330 g/mol. The van der Waals surface area contributed by atoms with Crippen molar-refractivity contribution in [2.45, 2.75) is 46.3 Å². The summed E-state index contributed by atoms with van der Waals surface area (Å²) < 4.78 is 33.3. The number of amides is 2. The highest BCUT2D eigenvalue weighted by Gasteiger charge is 2.21. The van der Waals surface area contributed by atoms with Crippen molar-refractivity contribution in [1.82, 2.24) is 4.90 Å². The normalized spacial score (nSPS) is 11.5. The van der Waals surface area contributed by atoms with E-state index >= 15 is 0 Å². The van der Waals surface area contributed by atoms with Crippen LogP contribution in [0.3, 0.4) is 0 Å². The van der Waals surface area contributed by atoms with Gasteiger partial charge in [-0.05, 0) is 34.6 Å². The number of carbonyl (C=O) groups excluding carboxylic acids is 1. The second kappa shape index (κ2) is 7.59. The summed E-state index contributed by atoms with van der Waals surface area (Å²) >= 11 is 0. The fourth-order valence-electron chi connectivity index (χ4n) is 1.93. The molecule has 1 aromatic rings. The van der Waals surface area contributed by atoms with E-state index < -0.39 is 29.0 Å². The third-order valence-electron chi connectivity index (χ3n) is 2.88. The Morgan fingerprint density at radius 3 is 2.22 bits per heavy atom. The van der Waals surface area contributed by atoms with E-state index in [0.29, 0.717) is 0 Å². The molecule has 0 aliphatic carbocycles. The molecule has 0 aliphatic heterocycles. The Morgan fingerprint density at radius 2 is 1.83 bits per heavy atom. The third kappa shape index (κ3) is 5.67. The van der Waals surface area contributed by atoms with Gasteiger partial charge in [0, 0.05) is 30.4 Å². The molecule has 0 fully saturated rings. The summed E-state index contributed by atoms with van der Waals surface area (Å²) in [6, 6.07) is 1.29. The predicted octanol–water partition coefficient (Wildman–Crippen LogP) is 3.38. The number of ether oxygens (including phenoxy) is 1. The zero-order chi connectivity index (χ0) is 17.8. The quantitative estimate of drug-likeness (QED) is 0.870. The van der Waals surface area contributed by atoms with E-state index in [0.717, 1.165) is 12.1 Å². The lowest BCUT2D eigenvalue weighted by Crippen LogP contribution is -2.41. The lowest BCUT2D eigenvalue weighted by atomic mass is 10.2. The second-order valence-electron chi connectivity index (χ2n) is 6.42. The first-order valence-electron chi connectivity index (χ1n) is 7.41. The molecule has 2 N–H and O–H groups in total. The summed E-state index contributed by atoms with van der Waals surface area (Å²) in [6.07, 6.45) is 0. The largest absolute Gasteiger partial charge is 0.482 e. The SMILES string of the molecule is CC(C)N(CCO)C(=O)Nc1cc(F)c(OC(C)(C)C)c(F)c1. The van der Waals surface area contributed by atoms with E-state index in [1.165, 1.54) is 4.90 Å². The van der Waals surface area contributed by atoms with Crippen molar-refractivity contribution >= 4 is 11.7 Å². The molecule has 7 heteroatoms. The Morgan fingerprint density at radius 1 is 1.30 bits per heavy atom. The molecular weight excluding hydrogens is 306 g/mol. The van der Waals surface area contributed by atoms with Crippen LogP contribution in [0.5, 0.6) is 5.75 Å². The maximum Gasteiger partial charge on any atom is 0.322 e. The van der Waals surface area contributed by atoms with Crippen molar-refractivity contribution in [3.63, 3.8) is 0 Å². The molecule has 0 unspecified atom stereocenters. The Kier molecular flexibility index (Phi) is 6.32. The zero-order valence-electron chi connectivity index (χ0n) is 14.1. The van der Waals surface area contributed by atoms with E-state index in [1.54, 1.807) is 34.6 Å². The van der Waals surface area contributed by atoms with Crippen LogP contribution in [0.15, 0.2) is 12.1 Å². The maximum atomic E-state index is 14.0. The van der Waals surface area contributed by atoms with Crippen molar-refractivity contribution in [3.05, 3.63) is 23.8 Å². The molecule has 1 aromatic carbocycles. The van der Waals surface area contributed by atoms with E-state index in [4.69, 9.17) is 9.84 Å². The van der Waals surface area contributed by atoms with E-state index in [9.17, 15) is 13.6 Å². The molecule has 0 saturated carbocycles. The van der Waals surface area contributed by atoms with Crippen LogP contribution < -0.4 is 10.1 Å². The van der Waals surface area contributed by atoms with Gasteiger partial charge in [0.05, 0.1) is 6.61 Å². The number of nitrogens with one attached hydrogen (secondary N) is 1. The number of urea groups is 1. The molecular formula is C16H24F2N2O3. The van der Waals surface area contributed by atoms with Gasteiger partial charge in [-0.3, -0.25) is 0 Å². The van der Waals surface area contributed by atoms with Crippen molar-refractivity contribution in [2.24, 2.45) is 0 Å². The summed E-state index contributed by atoms with van der Waals surface area (Å²) in [5, 5.41) is 11.4. The molecule has 130 valence electrons. The van der Waals surface area contributed by atoms with Crippen LogP contribution in [-0.2, 0) is 0 Å². The molecule has 0 bridgehead atoms. The van der Waals surface area contributed by atoms with Gasteiger partial charge in [-0.15, -0.1) is 0 Å². The Hall–Kier alpha value is -1.89. The van der Waals surface area contributed by atoms with Crippen LogP contribution in [0.2, 0.25) is 0 Å². The van der Waals surface area contributed by atoms with Crippen molar-refractivity contribution in [3.8, 4) is 5.75 Å². The minimum absolute atomic E-state index is 0.0187. The Bertz CT molecular complexity index is 534. The van der Waals surface area contributed by atoms with Gasteiger partial charge in [0.25, 0.3) is 0 Å².